The van der Waals surface area contributed by atoms with E-state index < -0.39 is 104 Å². The molecule has 0 fully saturated rings. The van der Waals surface area contributed by atoms with Gasteiger partial charge in [0.1, 0.15) is 30.2 Å². The average molecular weight is 732 g/mol. The Morgan fingerprint density at radius 3 is 1.29 bits per heavy atom. The molecule has 0 aliphatic rings. The van der Waals surface area contributed by atoms with Crippen LogP contribution in [-0.2, 0) is 33.6 Å². The Balaban J connectivity index is 5.03. The summed E-state index contributed by atoms with van der Waals surface area (Å²) in [5, 5.41) is 57.9. The maximum Gasteiger partial charge on any atom is 0.328 e. The SMILES string of the molecule is CCCCCCCCCCCCCCCC(=O)NC(CO)C(=O)NC(CC(=O)O)C(=O)NC(C(=O)NC(CO)C(=O)NC(CO)C(=O)O)C(C)C. The first kappa shape index (κ1) is 47.2. The van der Waals surface area contributed by atoms with Crippen molar-refractivity contribution >= 4 is 41.5 Å². The lowest BCUT2D eigenvalue weighted by Gasteiger charge is -2.27. The first-order valence-corrected chi connectivity index (χ1v) is 18.0. The zero-order valence-electron chi connectivity index (χ0n) is 30.3. The number of aliphatic hydroxyl groups is 3. The molecule has 294 valence electrons. The number of amides is 5. The maximum absolute atomic E-state index is 13.1. The van der Waals surface area contributed by atoms with Crippen LogP contribution in [0.3, 0.4) is 0 Å². The average Bonchev–Trinajstić information content (AvgIpc) is 3.08. The van der Waals surface area contributed by atoms with E-state index >= 15 is 0 Å². The van der Waals surface area contributed by atoms with Crippen molar-refractivity contribution in [2.45, 2.75) is 147 Å². The number of carbonyl (C=O) groups is 7. The molecule has 51 heavy (non-hydrogen) atoms. The molecular formula is C34H61N5O12. The molecule has 0 rings (SSSR count). The van der Waals surface area contributed by atoms with Gasteiger partial charge in [-0.15, -0.1) is 0 Å². The van der Waals surface area contributed by atoms with Crippen LogP contribution in [-0.4, -0.2) is 117 Å². The molecule has 5 atom stereocenters. The highest BCUT2D eigenvalue weighted by molar-refractivity contribution is 5.97. The van der Waals surface area contributed by atoms with E-state index in [1.54, 1.807) is 0 Å². The Bertz CT molecular complexity index is 1090. The van der Waals surface area contributed by atoms with Crippen LogP contribution in [0, 0.1) is 5.92 Å². The molecule has 0 aliphatic heterocycles. The lowest BCUT2D eigenvalue weighted by atomic mass is 10.0. The second kappa shape index (κ2) is 27.8. The van der Waals surface area contributed by atoms with Gasteiger partial charge in [0.15, 0.2) is 0 Å². The van der Waals surface area contributed by atoms with Crippen molar-refractivity contribution in [3.8, 4) is 0 Å². The second-order valence-corrected chi connectivity index (χ2v) is 13.0. The van der Waals surface area contributed by atoms with Gasteiger partial charge in [-0.25, -0.2) is 4.79 Å². The topological polar surface area (TPSA) is 281 Å². The Hall–Kier alpha value is -3.83. The summed E-state index contributed by atoms with van der Waals surface area (Å²) in [6, 6.07) is -8.03. The van der Waals surface area contributed by atoms with Crippen molar-refractivity contribution in [1.82, 2.24) is 26.6 Å². The van der Waals surface area contributed by atoms with Crippen molar-refractivity contribution in [2.75, 3.05) is 19.8 Å². The van der Waals surface area contributed by atoms with E-state index in [9.17, 15) is 48.9 Å². The summed E-state index contributed by atoms with van der Waals surface area (Å²) in [7, 11) is 0. The van der Waals surface area contributed by atoms with Crippen molar-refractivity contribution in [1.29, 1.82) is 0 Å². The van der Waals surface area contributed by atoms with Gasteiger partial charge in [0, 0.05) is 6.42 Å². The molecule has 0 aromatic rings. The van der Waals surface area contributed by atoms with Crippen molar-refractivity contribution in [3.63, 3.8) is 0 Å². The van der Waals surface area contributed by atoms with Gasteiger partial charge in [0.25, 0.3) is 0 Å². The van der Waals surface area contributed by atoms with Crippen LogP contribution in [0.5, 0.6) is 0 Å². The number of nitrogens with one attached hydrogen (secondary N) is 5. The van der Waals surface area contributed by atoms with Crippen LogP contribution in [0.1, 0.15) is 117 Å². The van der Waals surface area contributed by atoms with Gasteiger partial charge < -0.3 is 52.1 Å². The highest BCUT2D eigenvalue weighted by Gasteiger charge is 2.34. The third-order valence-corrected chi connectivity index (χ3v) is 8.21. The van der Waals surface area contributed by atoms with Gasteiger partial charge in [-0.2, -0.15) is 0 Å². The number of unbranched alkanes of at least 4 members (excludes halogenated alkanes) is 12. The second-order valence-electron chi connectivity index (χ2n) is 13.0. The number of carbonyl (C=O) groups excluding carboxylic acids is 5. The number of aliphatic hydroxyl groups excluding tert-OH is 3. The van der Waals surface area contributed by atoms with Crippen LogP contribution in [0.25, 0.3) is 0 Å². The van der Waals surface area contributed by atoms with E-state index in [0.717, 1.165) is 25.7 Å². The van der Waals surface area contributed by atoms with E-state index in [1.165, 1.54) is 65.2 Å². The Labute approximate surface area is 300 Å². The fourth-order valence-electron chi connectivity index (χ4n) is 5.12. The van der Waals surface area contributed by atoms with Gasteiger partial charge in [-0.05, 0) is 12.3 Å². The summed E-state index contributed by atoms with van der Waals surface area (Å²) >= 11 is 0. The van der Waals surface area contributed by atoms with Crippen LogP contribution >= 0.6 is 0 Å². The van der Waals surface area contributed by atoms with Crippen molar-refractivity contribution < 1.29 is 59.1 Å². The molecule has 0 aromatic carbocycles. The number of rotatable bonds is 30. The molecular weight excluding hydrogens is 670 g/mol. The summed E-state index contributed by atoms with van der Waals surface area (Å²) in [4.78, 5) is 86.5. The van der Waals surface area contributed by atoms with Crippen molar-refractivity contribution in [2.24, 2.45) is 5.92 Å². The van der Waals surface area contributed by atoms with E-state index in [-0.39, 0.29) is 6.42 Å². The normalized spacial score (nSPS) is 14.0. The van der Waals surface area contributed by atoms with Gasteiger partial charge in [-0.1, -0.05) is 97.8 Å². The fourth-order valence-corrected chi connectivity index (χ4v) is 5.12. The number of hydrogen-bond acceptors (Lipinski definition) is 10. The highest BCUT2D eigenvalue weighted by Crippen LogP contribution is 2.13. The Morgan fingerprint density at radius 2 is 0.882 bits per heavy atom. The minimum absolute atomic E-state index is 0.107. The molecule has 0 aliphatic carbocycles. The molecule has 17 heteroatoms. The van der Waals surface area contributed by atoms with Crippen molar-refractivity contribution in [3.05, 3.63) is 0 Å². The number of hydrogen-bond donors (Lipinski definition) is 10. The third-order valence-electron chi connectivity index (χ3n) is 8.21. The monoisotopic (exact) mass is 731 g/mol. The van der Waals surface area contributed by atoms with Gasteiger partial charge >= 0.3 is 11.9 Å². The zero-order chi connectivity index (χ0) is 38.8. The number of aliphatic carboxylic acids is 2. The first-order chi connectivity index (χ1) is 24.2. The van der Waals surface area contributed by atoms with E-state index in [0.29, 0.717) is 6.42 Å². The molecule has 5 amide bonds. The molecule has 0 bridgehead atoms. The lowest BCUT2D eigenvalue weighted by Crippen LogP contribution is -2.61. The number of carboxylic acid groups (broad SMARTS) is 2. The standard InChI is InChI=1S/C34H61N5O12/c1-4-5-6-7-8-9-10-11-12-13-14-15-16-17-27(43)35-24(19-40)31(47)36-23(18-28(44)45)30(46)39-29(22(2)3)33(49)37-25(20-41)32(48)38-26(21-42)34(50)51/h22-26,29,40-42H,4-21H2,1-3H3,(H,35,43)(H,36,47)(H,37,49)(H,38,48)(H,39,46)(H,44,45)(H,50,51). The van der Waals surface area contributed by atoms with Crippen LogP contribution in [0.2, 0.25) is 0 Å². The van der Waals surface area contributed by atoms with Crippen LogP contribution in [0.4, 0.5) is 0 Å². The van der Waals surface area contributed by atoms with Crippen LogP contribution in [0.15, 0.2) is 0 Å². The quantitative estimate of drug-likeness (QED) is 0.0440. The van der Waals surface area contributed by atoms with E-state index in [4.69, 9.17) is 10.2 Å². The molecule has 0 heterocycles. The summed E-state index contributed by atoms with van der Waals surface area (Å²) < 4.78 is 0. The largest absolute Gasteiger partial charge is 0.481 e. The number of carboxylic acids is 2. The first-order valence-electron chi connectivity index (χ1n) is 18.0. The van der Waals surface area contributed by atoms with E-state index in [2.05, 4.69) is 28.2 Å². The van der Waals surface area contributed by atoms with Gasteiger partial charge in [-0.3, -0.25) is 28.8 Å². The fraction of sp³-hybridized carbons (Fsp3) is 0.794. The molecule has 0 radical (unpaired) electrons. The van der Waals surface area contributed by atoms with E-state index in [1.807, 2.05) is 5.32 Å². The molecule has 5 unspecified atom stereocenters. The molecule has 0 spiro atoms. The maximum atomic E-state index is 13.1. The Kier molecular flexibility index (Phi) is 25.7. The smallest absolute Gasteiger partial charge is 0.328 e. The molecule has 10 N–H and O–H groups in total. The summed E-state index contributed by atoms with van der Waals surface area (Å²) in [5.74, 6) is -8.49. The van der Waals surface area contributed by atoms with Gasteiger partial charge in [0.2, 0.25) is 29.5 Å². The third kappa shape index (κ3) is 21.2. The molecule has 0 saturated carbocycles. The summed E-state index contributed by atoms with van der Waals surface area (Å²) in [5.41, 5.74) is 0. The molecule has 17 nitrogen and oxygen atoms in total. The predicted molar refractivity (Wildman–Crippen MR) is 186 cm³/mol. The zero-order valence-corrected chi connectivity index (χ0v) is 30.3. The lowest BCUT2D eigenvalue weighted by molar-refractivity contribution is -0.143. The molecule has 0 aromatic heterocycles. The summed E-state index contributed by atoms with van der Waals surface area (Å²) in [6.45, 7) is 2.44. The summed E-state index contributed by atoms with van der Waals surface area (Å²) in [6.07, 6.45) is 13.9. The minimum Gasteiger partial charge on any atom is -0.481 e. The predicted octanol–water partition coefficient (Wildman–Crippen LogP) is 0.0839. The highest BCUT2D eigenvalue weighted by atomic mass is 16.4. The minimum atomic E-state index is -1.74. The molecule has 0 saturated heterocycles. The van der Waals surface area contributed by atoms with Crippen LogP contribution < -0.4 is 26.6 Å². The van der Waals surface area contributed by atoms with Gasteiger partial charge in [0.05, 0.1) is 26.2 Å². The Morgan fingerprint density at radius 1 is 0.490 bits per heavy atom.